The van der Waals surface area contributed by atoms with Crippen LogP contribution in [0.1, 0.15) is 18.4 Å². The molecule has 0 saturated carbocycles. The molecule has 0 aliphatic heterocycles. The molecule has 0 atom stereocenters. The molecule has 2 N–H and O–H groups in total. The van der Waals surface area contributed by atoms with Crippen molar-refractivity contribution in [2.75, 3.05) is 24.9 Å². The minimum Gasteiger partial charge on any atom is -0.396 e. The first kappa shape index (κ1) is 14.3. The van der Waals surface area contributed by atoms with E-state index in [2.05, 4.69) is 14.9 Å². The zero-order valence-corrected chi connectivity index (χ0v) is 11.4. The summed E-state index contributed by atoms with van der Waals surface area (Å²) >= 11 is 1.21. The highest BCUT2D eigenvalue weighted by atomic mass is 32.2. The molecule has 0 radical (unpaired) electrons. The molecule has 0 unspecified atom stereocenters. The minimum absolute atomic E-state index is 0.0430. The average Bonchev–Trinajstić information content (AvgIpc) is 2.72. The predicted octanol–water partition coefficient (Wildman–Crippen LogP) is 0.0714. The second-order valence-electron chi connectivity index (χ2n) is 3.36. The summed E-state index contributed by atoms with van der Waals surface area (Å²) in [5.41, 5.74) is 0. The smallest absolute Gasteiger partial charge is 0.303 e. The molecule has 0 saturated heterocycles. The summed E-state index contributed by atoms with van der Waals surface area (Å²) in [6.07, 6.45) is 1.12. The number of aromatic nitrogens is 2. The number of aliphatic hydroxyl groups is 1. The number of anilines is 1. The van der Waals surface area contributed by atoms with E-state index in [4.69, 9.17) is 5.11 Å². The summed E-state index contributed by atoms with van der Waals surface area (Å²) in [6.45, 7) is 2.14. The van der Waals surface area contributed by atoms with Crippen molar-refractivity contribution >= 4 is 26.7 Å². The van der Waals surface area contributed by atoms with Crippen LogP contribution < -0.4 is 4.72 Å². The Labute approximate surface area is 105 Å². The summed E-state index contributed by atoms with van der Waals surface area (Å²) in [5.74, 6) is 0. The molecule has 9 heteroatoms. The van der Waals surface area contributed by atoms with Gasteiger partial charge >= 0.3 is 10.2 Å². The van der Waals surface area contributed by atoms with Gasteiger partial charge in [0.15, 0.2) is 0 Å². The lowest BCUT2D eigenvalue weighted by Gasteiger charge is -2.15. The fourth-order valence-corrected chi connectivity index (χ4v) is 2.84. The molecule has 7 nitrogen and oxygen atoms in total. The van der Waals surface area contributed by atoms with Crippen LogP contribution in [-0.4, -0.2) is 48.2 Å². The lowest BCUT2D eigenvalue weighted by molar-refractivity contribution is 0.276. The van der Waals surface area contributed by atoms with Crippen LogP contribution in [0.2, 0.25) is 0 Å². The third-order valence-electron chi connectivity index (χ3n) is 2.03. The van der Waals surface area contributed by atoms with Gasteiger partial charge in [-0.3, -0.25) is 0 Å². The summed E-state index contributed by atoms with van der Waals surface area (Å²) in [4.78, 5) is 0. The molecule has 1 aromatic rings. The van der Waals surface area contributed by atoms with Crippen LogP contribution in [0.4, 0.5) is 5.13 Å². The third kappa shape index (κ3) is 4.19. The Kier molecular flexibility index (Phi) is 5.25. The molecule has 0 fully saturated rings. The number of hydrogen-bond donors (Lipinski definition) is 2. The maximum absolute atomic E-state index is 11.8. The van der Waals surface area contributed by atoms with Gasteiger partial charge in [0.25, 0.3) is 0 Å². The maximum Gasteiger partial charge on any atom is 0.303 e. The van der Waals surface area contributed by atoms with Crippen molar-refractivity contribution in [3.63, 3.8) is 0 Å². The van der Waals surface area contributed by atoms with E-state index in [0.29, 0.717) is 6.42 Å². The van der Waals surface area contributed by atoms with Gasteiger partial charge in [-0.25, -0.2) is 4.72 Å². The molecule has 0 aliphatic carbocycles. The second kappa shape index (κ2) is 6.24. The first-order chi connectivity index (χ1) is 7.99. The van der Waals surface area contributed by atoms with Crippen molar-refractivity contribution in [2.24, 2.45) is 0 Å². The number of nitrogens with zero attached hydrogens (tertiary/aromatic N) is 3. The van der Waals surface area contributed by atoms with Crippen LogP contribution >= 0.6 is 11.3 Å². The first-order valence-corrected chi connectivity index (χ1v) is 7.42. The Hall–Kier alpha value is -0.770. The highest BCUT2D eigenvalue weighted by molar-refractivity contribution is 7.90. The van der Waals surface area contributed by atoms with E-state index in [-0.39, 0.29) is 18.3 Å². The number of rotatable bonds is 7. The van der Waals surface area contributed by atoms with E-state index in [1.165, 1.54) is 18.4 Å². The largest absolute Gasteiger partial charge is 0.396 e. The fourth-order valence-electron chi connectivity index (χ4n) is 1.04. The lowest BCUT2D eigenvalue weighted by atomic mass is 10.5. The Morgan fingerprint density at radius 1 is 1.47 bits per heavy atom. The topological polar surface area (TPSA) is 95.4 Å². The Morgan fingerprint density at radius 2 is 2.18 bits per heavy atom. The van der Waals surface area contributed by atoms with Crippen LogP contribution in [0.15, 0.2) is 0 Å². The first-order valence-electron chi connectivity index (χ1n) is 5.17. The molecule has 98 valence electrons. The quantitative estimate of drug-likeness (QED) is 0.737. The van der Waals surface area contributed by atoms with Crippen molar-refractivity contribution < 1.29 is 13.5 Å². The van der Waals surface area contributed by atoms with Crippen LogP contribution in [-0.2, 0) is 16.6 Å². The van der Waals surface area contributed by atoms with Crippen molar-refractivity contribution in [1.82, 2.24) is 14.5 Å². The Morgan fingerprint density at radius 3 is 2.71 bits per heavy atom. The third-order valence-corrected chi connectivity index (χ3v) is 4.59. The molecule has 1 aromatic heterocycles. The van der Waals surface area contributed by atoms with Crippen molar-refractivity contribution in [2.45, 2.75) is 19.8 Å². The average molecular weight is 280 g/mol. The van der Waals surface area contributed by atoms with Gasteiger partial charge < -0.3 is 5.11 Å². The van der Waals surface area contributed by atoms with Crippen LogP contribution in [0.25, 0.3) is 0 Å². The van der Waals surface area contributed by atoms with Gasteiger partial charge in [-0.1, -0.05) is 18.3 Å². The summed E-state index contributed by atoms with van der Waals surface area (Å²) < 4.78 is 27.0. The molecule has 1 heterocycles. The zero-order valence-electron chi connectivity index (χ0n) is 9.75. The molecule has 17 heavy (non-hydrogen) atoms. The SMILES string of the molecule is CCc1nnc(NS(=O)(=O)N(C)CCCO)s1. The predicted molar refractivity (Wildman–Crippen MR) is 66.2 cm³/mol. The summed E-state index contributed by atoms with van der Waals surface area (Å²) in [7, 11) is -2.16. The van der Waals surface area contributed by atoms with Crippen molar-refractivity contribution in [1.29, 1.82) is 0 Å². The van der Waals surface area contributed by atoms with E-state index in [9.17, 15) is 8.42 Å². The highest BCUT2D eigenvalue weighted by Crippen LogP contribution is 2.17. The van der Waals surface area contributed by atoms with Crippen LogP contribution in [0, 0.1) is 0 Å². The zero-order chi connectivity index (χ0) is 12.9. The van der Waals surface area contributed by atoms with E-state index < -0.39 is 10.2 Å². The molecule has 0 bridgehead atoms. The van der Waals surface area contributed by atoms with Gasteiger partial charge in [-0.15, -0.1) is 10.2 Å². The van der Waals surface area contributed by atoms with E-state index in [1.54, 1.807) is 0 Å². The van der Waals surface area contributed by atoms with Gasteiger partial charge in [0.2, 0.25) is 5.13 Å². The van der Waals surface area contributed by atoms with Crippen molar-refractivity contribution in [3.05, 3.63) is 5.01 Å². The van der Waals surface area contributed by atoms with Gasteiger partial charge in [0, 0.05) is 20.2 Å². The maximum atomic E-state index is 11.8. The van der Waals surface area contributed by atoms with E-state index in [0.717, 1.165) is 15.7 Å². The van der Waals surface area contributed by atoms with Crippen LogP contribution in [0.3, 0.4) is 0 Å². The van der Waals surface area contributed by atoms with Crippen LogP contribution in [0.5, 0.6) is 0 Å². The lowest BCUT2D eigenvalue weighted by Crippen LogP contribution is -2.33. The minimum atomic E-state index is -3.60. The molecule has 1 rings (SSSR count). The number of aryl methyl sites for hydroxylation is 1. The molecular formula is C8H16N4O3S2. The monoisotopic (exact) mass is 280 g/mol. The highest BCUT2D eigenvalue weighted by Gasteiger charge is 2.18. The molecule has 0 aromatic carbocycles. The summed E-state index contributed by atoms with van der Waals surface area (Å²) in [5, 5.41) is 17.2. The van der Waals surface area contributed by atoms with Gasteiger partial charge in [0.05, 0.1) is 0 Å². The fraction of sp³-hybridized carbons (Fsp3) is 0.750. The number of hydrogen-bond acceptors (Lipinski definition) is 6. The standard InChI is InChI=1S/C8H16N4O3S2/c1-3-7-9-10-8(16-7)11-17(14,15)12(2)5-4-6-13/h13H,3-6H2,1-2H3,(H,10,11). The Bertz CT molecular complexity index is 445. The summed E-state index contributed by atoms with van der Waals surface area (Å²) in [6, 6.07) is 0. The molecule has 0 aliphatic rings. The molecule has 0 spiro atoms. The van der Waals surface area contributed by atoms with E-state index >= 15 is 0 Å². The van der Waals surface area contributed by atoms with Crippen molar-refractivity contribution in [3.8, 4) is 0 Å². The Balaban J connectivity index is 2.65. The van der Waals surface area contributed by atoms with Gasteiger partial charge in [-0.2, -0.15) is 12.7 Å². The number of aliphatic hydroxyl groups excluding tert-OH is 1. The molecular weight excluding hydrogens is 264 g/mol. The normalized spacial score (nSPS) is 12.0. The van der Waals surface area contributed by atoms with E-state index in [1.807, 2.05) is 6.92 Å². The second-order valence-corrected chi connectivity index (χ2v) is 6.20. The number of nitrogens with one attached hydrogen (secondary N) is 1. The van der Waals surface area contributed by atoms with Gasteiger partial charge in [-0.05, 0) is 12.8 Å². The van der Waals surface area contributed by atoms with Gasteiger partial charge in [0.1, 0.15) is 5.01 Å². The molecule has 0 amide bonds.